The molecule has 5 nitrogen and oxygen atoms in total. The molecule has 4 aromatic carbocycles. The second-order valence-corrected chi connectivity index (χ2v) is 9.53. The van der Waals surface area contributed by atoms with Crippen molar-refractivity contribution in [3.8, 4) is 0 Å². The van der Waals surface area contributed by atoms with E-state index >= 15 is 0 Å². The summed E-state index contributed by atoms with van der Waals surface area (Å²) in [5.41, 5.74) is 2.91. The Morgan fingerprint density at radius 1 is 0.812 bits per heavy atom. The maximum absolute atomic E-state index is 12.7. The molecule has 0 fully saturated rings. The Bertz CT molecular complexity index is 1330. The van der Waals surface area contributed by atoms with E-state index in [0.29, 0.717) is 17.8 Å². The highest BCUT2D eigenvalue weighted by Crippen LogP contribution is 2.22. The fourth-order valence-corrected chi connectivity index (χ4v) is 4.54. The maximum Gasteiger partial charge on any atom is 0.251 e. The number of fused-ring (bicyclic) bond motifs is 1. The lowest BCUT2D eigenvalue weighted by Crippen LogP contribution is -2.29. The van der Waals surface area contributed by atoms with E-state index in [1.807, 2.05) is 72.8 Å². The number of rotatable bonds is 7. The van der Waals surface area contributed by atoms with E-state index in [1.54, 1.807) is 24.3 Å². The number of carbonyl (C=O) groups excluding carboxylic acids is 1. The molecule has 1 N–H and O–H groups in total. The summed E-state index contributed by atoms with van der Waals surface area (Å²) in [6.45, 7) is 0.637. The first-order chi connectivity index (χ1) is 15.4. The molecule has 0 saturated heterocycles. The number of sulfonamides is 1. The van der Waals surface area contributed by atoms with Gasteiger partial charge in [0.1, 0.15) is 0 Å². The van der Waals surface area contributed by atoms with Crippen molar-refractivity contribution < 1.29 is 13.2 Å². The predicted octanol–water partition coefficient (Wildman–Crippen LogP) is 4.74. The number of carbonyl (C=O) groups is 1. The minimum absolute atomic E-state index is 0.210. The molecule has 0 aliphatic carbocycles. The van der Waals surface area contributed by atoms with Crippen molar-refractivity contribution >= 4 is 32.4 Å². The monoisotopic (exact) mass is 444 g/mol. The minimum Gasteiger partial charge on any atom is -0.348 e. The topological polar surface area (TPSA) is 66.5 Å². The zero-order valence-corrected chi connectivity index (χ0v) is 18.5. The molecule has 0 aliphatic rings. The summed E-state index contributed by atoms with van der Waals surface area (Å²) >= 11 is 0. The molecule has 6 heteroatoms. The van der Waals surface area contributed by atoms with Gasteiger partial charge in [-0.2, -0.15) is 0 Å². The highest BCUT2D eigenvalue weighted by Gasteiger charge is 2.18. The lowest BCUT2D eigenvalue weighted by Gasteiger charge is -2.22. The molecule has 0 heterocycles. The lowest BCUT2D eigenvalue weighted by atomic mass is 10.0. The van der Waals surface area contributed by atoms with Crippen LogP contribution >= 0.6 is 0 Å². The number of hydrogen-bond acceptors (Lipinski definition) is 3. The molecular formula is C26H24N2O3S. The summed E-state index contributed by atoms with van der Waals surface area (Å²) in [6, 6.07) is 30.1. The van der Waals surface area contributed by atoms with Gasteiger partial charge in [-0.3, -0.25) is 9.10 Å². The molecule has 0 atom stereocenters. The smallest absolute Gasteiger partial charge is 0.251 e. The molecule has 0 aromatic heterocycles. The molecule has 32 heavy (non-hydrogen) atoms. The Morgan fingerprint density at radius 3 is 2.19 bits per heavy atom. The van der Waals surface area contributed by atoms with Gasteiger partial charge in [-0.15, -0.1) is 0 Å². The lowest BCUT2D eigenvalue weighted by molar-refractivity contribution is 0.0951. The van der Waals surface area contributed by atoms with E-state index in [9.17, 15) is 13.2 Å². The van der Waals surface area contributed by atoms with Gasteiger partial charge < -0.3 is 5.32 Å². The van der Waals surface area contributed by atoms with E-state index in [4.69, 9.17) is 0 Å². The molecular weight excluding hydrogens is 420 g/mol. The fourth-order valence-electron chi connectivity index (χ4n) is 3.65. The molecule has 162 valence electrons. The van der Waals surface area contributed by atoms with Gasteiger partial charge in [0.05, 0.1) is 18.5 Å². The van der Waals surface area contributed by atoms with Crippen molar-refractivity contribution in [2.24, 2.45) is 0 Å². The van der Waals surface area contributed by atoms with Crippen LogP contribution in [-0.4, -0.2) is 20.6 Å². The first-order valence-electron chi connectivity index (χ1n) is 10.3. The molecule has 0 unspecified atom stereocenters. The van der Waals surface area contributed by atoms with Crippen molar-refractivity contribution in [3.05, 3.63) is 114 Å². The third kappa shape index (κ3) is 4.98. The molecule has 0 saturated carbocycles. The third-order valence-corrected chi connectivity index (χ3v) is 6.45. The second-order valence-electron chi connectivity index (χ2n) is 7.62. The Kier molecular flexibility index (Phi) is 6.23. The Labute approximate surface area is 188 Å². The van der Waals surface area contributed by atoms with E-state index in [2.05, 4.69) is 5.32 Å². The zero-order chi connectivity index (χ0) is 22.6. The average Bonchev–Trinajstić information content (AvgIpc) is 2.81. The van der Waals surface area contributed by atoms with E-state index in [0.717, 1.165) is 21.9 Å². The number of benzene rings is 4. The van der Waals surface area contributed by atoms with E-state index in [1.165, 1.54) is 10.6 Å². The normalized spacial score (nSPS) is 11.3. The third-order valence-electron chi connectivity index (χ3n) is 5.31. The molecule has 0 radical (unpaired) electrons. The standard InChI is InChI=1S/C26H24N2O3S/c1-32(30,31)28(19-20-8-3-2-4-9-20)24-16-14-22(15-17-24)26(29)27-18-23-12-7-11-21-10-5-6-13-25(21)23/h2-17H,18-19H2,1H3,(H,27,29). The molecule has 0 bridgehead atoms. The predicted molar refractivity (Wildman–Crippen MR) is 129 cm³/mol. The van der Waals surface area contributed by atoms with Crippen molar-refractivity contribution in [2.75, 3.05) is 10.6 Å². The fraction of sp³-hybridized carbons (Fsp3) is 0.115. The quantitative estimate of drug-likeness (QED) is 0.448. The summed E-state index contributed by atoms with van der Waals surface area (Å²) in [6.07, 6.45) is 1.18. The van der Waals surface area contributed by atoms with Gasteiger partial charge >= 0.3 is 0 Å². The van der Waals surface area contributed by atoms with Gasteiger partial charge in [0.25, 0.3) is 5.91 Å². The van der Waals surface area contributed by atoms with Gasteiger partial charge in [0.15, 0.2) is 0 Å². The van der Waals surface area contributed by atoms with E-state index < -0.39 is 10.0 Å². The number of hydrogen-bond donors (Lipinski definition) is 1. The van der Waals surface area contributed by atoms with Gasteiger partial charge in [-0.05, 0) is 46.2 Å². The highest BCUT2D eigenvalue weighted by molar-refractivity contribution is 7.92. The van der Waals surface area contributed by atoms with Crippen LogP contribution in [0.4, 0.5) is 5.69 Å². The maximum atomic E-state index is 12.7. The molecule has 0 aliphatic heterocycles. The summed E-state index contributed by atoms with van der Waals surface area (Å²) in [5.74, 6) is -0.210. The Morgan fingerprint density at radius 2 is 1.47 bits per heavy atom. The average molecular weight is 445 g/mol. The first kappa shape index (κ1) is 21.6. The summed E-state index contributed by atoms with van der Waals surface area (Å²) in [4.78, 5) is 12.7. The Balaban J connectivity index is 1.49. The highest BCUT2D eigenvalue weighted by atomic mass is 32.2. The van der Waals surface area contributed by atoms with Crippen LogP contribution in [0.3, 0.4) is 0 Å². The molecule has 1 amide bonds. The van der Waals surface area contributed by atoms with Gasteiger partial charge in [0, 0.05) is 12.1 Å². The summed E-state index contributed by atoms with van der Waals surface area (Å²) in [5, 5.41) is 5.19. The number of amides is 1. The van der Waals surface area contributed by atoms with Crippen molar-refractivity contribution in [3.63, 3.8) is 0 Å². The summed E-state index contributed by atoms with van der Waals surface area (Å²) in [7, 11) is -3.48. The van der Waals surface area contributed by atoms with Crippen LogP contribution in [0.2, 0.25) is 0 Å². The zero-order valence-electron chi connectivity index (χ0n) is 17.7. The van der Waals surface area contributed by atoms with Crippen molar-refractivity contribution in [1.29, 1.82) is 0 Å². The van der Waals surface area contributed by atoms with Gasteiger partial charge in [0.2, 0.25) is 10.0 Å². The minimum atomic E-state index is -3.48. The van der Waals surface area contributed by atoms with Crippen LogP contribution in [0, 0.1) is 0 Å². The van der Waals surface area contributed by atoms with Gasteiger partial charge in [-0.1, -0.05) is 72.8 Å². The van der Waals surface area contributed by atoms with Gasteiger partial charge in [-0.25, -0.2) is 8.42 Å². The second kappa shape index (κ2) is 9.24. The summed E-state index contributed by atoms with van der Waals surface area (Å²) < 4.78 is 26.1. The SMILES string of the molecule is CS(=O)(=O)N(Cc1ccccc1)c1ccc(C(=O)NCc2cccc3ccccc23)cc1. The number of anilines is 1. The van der Waals surface area contributed by atoms with Crippen LogP contribution < -0.4 is 9.62 Å². The van der Waals surface area contributed by atoms with Crippen LogP contribution in [0.1, 0.15) is 21.5 Å². The molecule has 0 spiro atoms. The van der Waals surface area contributed by atoms with Crippen LogP contribution in [0.25, 0.3) is 10.8 Å². The van der Waals surface area contributed by atoms with E-state index in [-0.39, 0.29) is 12.5 Å². The van der Waals surface area contributed by atoms with Crippen molar-refractivity contribution in [2.45, 2.75) is 13.1 Å². The molecule has 4 rings (SSSR count). The molecule has 4 aromatic rings. The van der Waals surface area contributed by atoms with Crippen LogP contribution in [0.15, 0.2) is 97.1 Å². The first-order valence-corrected chi connectivity index (χ1v) is 12.1. The van der Waals surface area contributed by atoms with Crippen LogP contribution in [0.5, 0.6) is 0 Å². The number of nitrogens with one attached hydrogen (secondary N) is 1. The number of nitrogens with zero attached hydrogens (tertiary/aromatic N) is 1. The largest absolute Gasteiger partial charge is 0.348 e. The van der Waals surface area contributed by atoms with Crippen LogP contribution in [-0.2, 0) is 23.1 Å². The Hall–Kier alpha value is -3.64. The van der Waals surface area contributed by atoms with Crippen molar-refractivity contribution in [1.82, 2.24) is 5.32 Å².